The van der Waals surface area contributed by atoms with Crippen molar-refractivity contribution in [3.8, 4) is 11.4 Å². The minimum atomic E-state index is -0.0821. The van der Waals surface area contributed by atoms with Crippen LogP contribution >= 0.6 is 11.3 Å². The zero-order valence-electron chi connectivity index (χ0n) is 20.7. The molecular weight excluding hydrogens is 462 g/mol. The Morgan fingerprint density at radius 2 is 2.00 bits per heavy atom. The van der Waals surface area contributed by atoms with E-state index in [0.29, 0.717) is 36.3 Å². The summed E-state index contributed by atoms with van der Waals surface area (Å²) in [5, 5.41) is 12.9. The third-order valence-corrected chi connectivity index (χ3v) is 8.57. The first-order chi connectivity index (χ1) is 16.7. The van der Waals surface area contributed by atoms with Gasteiger partial charge in [-0.3, -0.25) is 9.59 Å². The highest BCUT2D eigenvalue weighted by Gasteiger charge is 2.49. The fraction of sp³-hybridized carbons (Fsp3) is 0.560. The average molecular weight is 496 g/mol. The van der Waals surface area contributed by atoms with Crippen LogP contribution in [-0.2, 0) is 4.79 Å². The van der Waals surface area contributed by atoms with Gasteiger partial charge >= 0.3 is 0 Å². The van der Waals surface area contributed by atoms with Gasteiger partial charge in [-0.25, -0.2) is 14.5 Å². The van der Waals surface area contributed by atoms with Crippen molar-refractivity contribution in [1.29, 1.82) is 0 Å². The molecule has 2 amide bonds. The number of amides is 2. The van der Waals surface area contributed by atoms with E-state index in [-0.39, 0.29) is 22.9 Å². The summed E-state index contributed by atoms with van der Waals surface area (Å²) in [6, 6.07) is 1.91. The molecule has 0 aromatic carbocycles. The molecule has 35 heavy (non-hydrogen) atoms. The summed E-state index contributed by atoms with van der Waals surface area (Å²) in [7, 11) is 0. The number of fused-ring (bicyclic) bond motifs is 1. The number of likely N-dealkylation sites (tertiary alicyclic amines) is 1. The van der Waals surface area contributed by atoms with Crippen molar-refractivity contribution >= 4 is 34.3 Å². The number of nitrogens with one attached hydrogen (secondary N) is 2. The van der Waals surface area contributed by atoms with E-state index in [1.54, 1.807) is 28.1 Å². The van der Waals surface area contributed by atoms with Crippen molar-refractivity contribution < 1.29 is 9.59 Å². The molecule has 1 saturated heterocycles. The van der Waals surface area contributed by atoms with E-state index in [2.05, 4.69) is 43.4 Å². The van der Waals surface area contributed by atoms with Gasteiger partial charge in [-0.1, -0.05) is 20.8 Å². The molecule has 0 spiro atoms. The fourth-order valence-corrected chi connectivity index (χ4v) is 5.58. The van der Waals surface area contributed by atoms with Crippen LogP contribution in [0.15, 0.2) is 23.8 Å². The standard InChI is InChI=1S/C25H33N7O2S/c1-16(24(2,3)4)28-20-13-19(29-21(30-20)18-14-27-32-11-12-35-23(18)32)22(34)31-9-5-17(6-10-31)25(7-8-25)26-15-33/h11-17H,5-10H2,1-4H3,(H,26,33)(H,28,29,30)/t16-/m0/s1. The molecule has 9 nitrogen and oxygen atoms in total. The molecule has 2 fully saturated rings. The number of rotatable bonds is 7. The third-order valence-electron chi connectivity index (χ3n) is 7.68. The van der Waals surface area contributed by atoms with Crippen LogP contribution in [0, 0.1) is 11.3 Å². The average Bonchev–Trinajstić information content (AvgIpc) is 3.27. The highest BCUT2D eigenvalue weighted by molar-refractivity contribution is 7.16. The summed E-state index contributed by atoms with van der Waals surface area (Å²) in [6.07, 6.45) is 8.31. The summed E-state index contributed by atoms with van der Waals surface area (Å²) in [5.41, 5.74) is 1.17. The first kappa shape index (κ1) is 23.7. The Hall–Kier alpha value is -3.01. The number of piperidine rings is 1. The van der Waals surface area contributed by atoms with E-state index in [1.165, 1.54) is 0 Å². The predicted octanol–water partition coefficient (Wildman–Crippen LogP) is 3.83. The van der Waals surface area contributed by atoms with Crippen LogP contribution in [0.1, 0.15) is 63.9 Å². The summed E-state index contributed by atoms with van der Waals surface area (Å²) in [6.45, 7) is 9.95. The summed E-state index contributed by atoms with van der Waals surface area (Å²) < 4.78 is 1.80. The van der Waals surface area contributed by atoms with E-state index in [1.807, 2.05) is 16.5 Å². The van der Waals surface area contributed by atoms with Crippen LogP contribution in [-0.4, -0.2) is 61.5 Å². The first-order valence-corrected chi connectivity index (χ1v) is 13.2. The summed E-state index contributed by atoms with van der Waals surface area (Å²) >= 11 is 1.57. The lowest BCUT2D eigenvalue weighted by molar-refractivity contribution is -0.110. The molecule has 0 unspecified atom stereocenters. The zero-order valence-corrected chi connectivity index (χ0v) is 21.6. The Bertz CT molecular complexity index is 1230. The van der Waals surface area contributed by atoms with Crippen LogP contribution in [0.2, 0.25) is 0 Å². The van der Waals surface area contributed by atoms with Crippen LogP contribution < -0.4 is 10.6 Å². The van der Waals surface area contributed by atoms with E-state index in [4.69, 9.17) is 9.97 Å². The fourth-order valence-electron chi connectivity index (χ4n) is 4.79. The number of hydrogen-bond donors (Lipinski definition) is 2. The SMILES string of the molecule is C[C@H](Nc1cc(C(=O)N2CCC(C3(NC=O)CC3)CC2)nc(-c2cnn3ccsc23)n1)C(C)(C)C. The number of nitrogens with zero attached hydrogens (tertiary/aromatic N) is 5. The molecule has 4 heterocycles. The minimum Gasteiger partial charge on any atom is -0.367 e. The Morgan fingerprint density at radius 3 is 2.66 bits per heavy atom. The lowest BCUT2D eigenvalue weighted by Crippen LogP contribution is -2.46. The minimum absolute atomic E-state index is 0.0181. The molecule has 1 saturated carbocycles. The van der Waals surface area contributed by atoms with Gasteiger partial charge in [0.05, 0.1) is 11.8 Å². The number of anilines is 1. The van der Waals surface area contributed by atoms with Gasteiger partial charge in [0.1, 0.15) is 16.3 Å². The van der Waals surface area contributed by atoms with Gasteiger partial charge in [-0.05, 0) is 43.9 Å². The second kappa shape index (κ2) is 8.89. The maximum absolute atomic E-state index is 13.6. The molecule has 0 bridgehead atoms. The number of aromatic nitrogens is 4. The molecule has 186 valence electrons. The highest BCUT2D eigenvalue weighted by Crippen LogP contribution is 2.46. The molecule has 2 aliphatic rings. The van der Waals surface area contributed by atoms with Gasteiger partial charge in [-0.15, -0.1) is 11.3 Å². The number of hydrogen-bond acceptors (Lipinski definition) is 7. The summed E-state index contributed by atoms with van der Waals surface area (Å²) in [4.78, 5) is 36.9. The van der Waals surface area contributed by atoms with Crippen molar-refractivity contribution in [1.82, 2.24) is 29.8 Å². The van der Waals surface area contributed by atoms with E-state index < -0.39 is 0 Å². The van der Waals surface area contributed by atoms with Gasteiger partial charge < -0.3 is 15.5 Å². The van der Waals surface area contributed by atoms with Gasteiger partial charge in [0.25, 0.3) is 5.91 Å². The monoisotopic (exact) mass is 495 g/mol. The Labute approximate surface area is 209 Å². The third kappa shape index (κ3) is 4.63. The Kier molecular flexibility index (Phi) is 6.03. The number of thiazole rings is 1. The lowest BCUT2D eigenvalue weighted by atomic mass is 9.87. The second-order valence-electron chi connectivity index (χ2n) is 10.9. The lowest BCUT2D eigenvalue weighted by Gasteiger charge is -2.36. The van der Waals surface area contributed by atoms with Gasteiger partial charge in [-0.2, -0.15) is 5.10 Å². The summed E-state index contributed by atoms with van der Waals surface area (Å²) in [5.74, 6) is 1.47. The van der Waals surface area contributed by atoms with Crippen molar-refractivity contribution in [3.05, 3.63) is 29.5 Å². The predicted molar refractivity (Wildman–Crippen MR) is 136 cm³/mol. The molecular formula is C25H33N7O2S. The largest absolute Gasteiger partial charge is 0.367 e. The maximum Gasteiger partial charge on any atom is 0.272 e. The van der Waals surface area contributed by atoms with Crippen molar-refractivity contribution in [2.75, 3.05) is 18.4 Å². The molecule has 5 rings (SSSR count). The molecule has 3 aromatic heterocycles. The molecule has 0 radical (unpaired) electrons. The maximum atomic E-state index is 13.6. The van der Waals surface area contributed by atoms with E-state index in [9.17, 15) is 9.59 Å². The molecule has 3 aromatic rings. The van der Waals surface area contributed by atoms with E-state index in [0.717, 1.165) is 42.5 Å². The molecule has 1 aliphatic heterocycles. The zero-order chi connectivity index (χ0) is 24.8. The van der Waals surface area contributed by atoms with Crippen LogP contribution in [0.4, 0.5) is 5.82 Å². The van der Waals surface area contributed by atoms with Gasteiger partial charge in [0, 0.05) is 42.3 Å². The normalized spacial score (nSPS) is 18.9. The quantitative estimate of drug-likeness (QED) is 0.483. The first-order valence-electron chi connectivity index (χ1n) is 12.3. The second-order valence-corrected chi connectivity index (χ2v) is 11.8. The van der Waals surface area contributed by atoms with Crippen LogP contribution in [0.3, 0.4) is 0 Å². The smallest absolute Gasteiger partial charge is 0.272 e. The Morgan fingerprint density at radius 1 is 1.26 bits per heavy atom. The number of carbonyl (C=O) groups is 2. The molecule has 10 heteroatoms. The molecule has 1 atom stereocenters. The highest BCUT2D eigenvalue weighted by atomic mass is 32.1. The van der Waals surface area contributed by atoms with Gasteiger partial charge in [0.15, 0.2) is 5.82 Å². The van der Waals surface area contributed by atoms with Crippen molar-refractivity contribution in [2.24, 2.45) is 11.3 Å². The topological polar surface area (TPSA) is 105 Å². The van der Waals surface area contributed by atoms with Gasteiger partial charge in [0.2, 0.25) is 6.41 Å². The molecule has 1 aliphatic carbocycles. The van der Waals surface area contributed by atoms with E-state index >= 15 is 0 Å². The van der Waals surface area contributed by atoms with Crippen LogP contribution in [0.25, 0.3) is 16.2 Å². The van der Waals surface area contributed by atoms with Crippen molar-refractivity contribution in [3.63, 3.8) is 0 Å². The molecule has 2 N–H and O–H groups in total. The van der Waals surface area contributed by atoms with Crippen molar-refractivity contribution in [2.45, 2.75) is 65.0 Å². The van der Waals surface area contributed by atoms with Crippen LogP contribution in [0.5, 0.6) is 0 Å². The Balaban J connectivity index is 1.41. The number of carbonyl (C=O) groups excluding carboxylic acids is 2.